The van der Waals surface area contributed by atoms with Crippen LogP contribution in [0.4, 0.5) is 0 Å². The maximum absolute atomic E-state index is 9.06. The number of allylic oxidation sites excluding steroid dienone is 1. The third-order valence-electron chi connectivity index (χ3n) is 3.10. The summed E-state index contributed by atoms with van der Waals surface area (Å²) in [7, 11) is 1.71. The SMILES string of the molecule is C=CC=O.COCc1cc(C)ccc1-c1ccc(CO)cc1. The molecule has 0 bridgehead atoms. The van der Waals surface area contributed by atoms with Gasteiger partial charge in [0.2, 0.25) is 0 Å². The normalized spacial score (nSPS) is 9.59. The highest BCUT2D eigenvalue weighted by atomic mass is 16.5. The van der Waals surface area contributed by atoms with Gasteiger partial charge in [0.05, 0.1) is 13.2 Å². The van der Waals surface area contributed by atoms with Gasteiger partial charge >= 0.3 is 0 Å². The van der Waals surface area contributed by atoms with Crippen LogP contribution in [0.15, 0.2) is 55.1 Å². The van der Waals surface area contributed by atoms with E-state index >= 15 is 0 Å². The minimum absolute atomic E-state index is 0.0824. The molecule has 0 spiro atoms. The highest BCUT2D eigenvalue weighted by Crippen LogP contribution is 2.25. The Balaban J connectivity index is 0.000000541. The molecule has 0 saturated heterocycles. The molecule has 0 atom stereocenters. The zero-order valence-corrected chi connectivity index (χ0v) is 13.1. The van der Waals surface area contributed by atoms with Gasteiger partial charge in [-0.3, -0.25) is 4.79 Å². The molecule has 3 heteroatoms. The predicted molar refractivity (Wildman–Crippen MR) is 89.5 cm³/mol. The van der Waals surface area contributed by atoms with E-state index in [2.05, 4.69) is 31.7 Å². The molecule has 0 radical (unpaired) electrons. The minimum atomic E-state index is 0.0824. The molecule has 22 heavy (non-hydrogen) atoms. The summed E-state index contributed by atoms with van der Waals surface area (Å²) in [6.07, 6.45) is 1.83. The summed E-state index contributed by atoms with van der Waals surface area (Å²) >= 11 is 0. The Morgan fingerprint density at radius 2 is 1.82 bits per heavy atom. The average Bonchev–Trinajstić information content (AvgIpc) is 2.56. The first-order valence-electron chi connectivity index (χ1n) is 7.01. The molecule has 0 unspecified atom stereocenters. The maximum atomic E-state index is 9.06. The van der Waals surface area contributed by atoms with Gasteiger partial charge in [-0.15, -0.1) is 0 Å². The van der Waals surface area contributed by atoms with Crippen LogP contribution >= 0.6 is 0 Å². The van der Waals surface area contributed by atoms with Gasteiger partial charge in [0.15, 0.2) is 0 Å². The second-order valence-electron chi connectivity index (χ2n) is 4.82. The van der Waals surface area contributed by atoms with Crippen molar-refractivity contribution in [2.45, 2.75) is 20.1 Å². The molecule has 2 aromatic carbocycles. The van der Waals surface area contributed by atoms with Crippen molar-refractivity contribution in [1.82, 2.24) is 0 Å². The van der Waals surface area contributed by atoms with Crippen molar-refractivity contribution in [3.8, 4) is 11.1 Å². The molecule has 0 fully saturated rings. The van der Waals surface area contributed by atoms with Gasteiger partial charge in [-0.1, -0.05) is 54.6 Å². The maximum Gasteiger partial charge on any atom is 0.142 e. The first-order chi connectivity index (χ1) is 10.7. The van der Waals surface area contributed by atoms with E-state index in [1.807, 2.05) is 24.3 Å². The quantitative estimate of drug-likeness (QED) is 0.676. The fourth-order valence-corrected chi connectivity index (χ4v) is 2.07. The van der Waals surface area contributed by atoms with E-state index in [1.165, 1.54) is 22.8 Å². The summed E-state index contributed by atoms with van der Waals surface area (Å²) in [5, 5.41) is 9.05. The van der Waals surface area contributed by atoms with Crippen LogP contribution < -0.4 is 0 Å². The van der Waals surface area contributed by atoms with Gasteiger partial charge in [-0.2, -0.15) is 0 Å². The Labute approximate surface area is 131 Å². The lowest BCUT2D eigenvalue weighted by Crippen LogP contribution is -1.93. The number of aryl methyl sites for hydroxylation is 1. The number of benzene rings is 2. The molecule has 0 heterocycles. The highest BCUT2D eigenvalue weighted by Gasteiger charge is 2.05. The smallest absolute Gasteiger partial charge is 0.142 e. The number of ether oxygens (including phenoxy) is 1. The molecule has 0 amide bonds. The highest BCUT2D eigenvalue weighted by molar-refractivity contribution is 5.68. The Hall–Kier alpha value is -2.23. The van der Waals surface area contributed by atoms with E-state index in [0.717, 1.165) is 11.1 Å². The number of carbonyl (C=O) groups is 1. The number of aliphatic hydroxyl groups excluding tert-OH is 1. The van der Waals surface area contributed by atoms with Crippen molar-refractivity contribution in [1.29, 1.82) is 0 Å². The monoisotopic (exact) mass is 298 g/mol. The molecule has 0 aromatic heterocycles. The molecule has 116 valence electrons. The van der Waals surface area contributed by atoms with Crippen LogP contribution in [0.1, 0.15) is 16.7 Å². The van der Waals surface area contributed by atoms with Crippen molar-refractivity contribution in [2.24, 2.45) is 0 Å². The van der Waals surface area contributed by atoms with Crippen LogP contribution in [0.2, 0.25) is 0 Å². The van der Waals surface area contributed by atoms with Crippen molar-refractivity contribution in [2.75, 3.05) is 7.11 Å². The van der Waals surface area contributed by atoms with Crippen LogP contribution in [0.5, 0.6) is 0 Å². The molecule has 0 aliphatic carbocycles. The largest absolute Gasteiger partial charge is 0.392 e. The first-order valence-corrected chi connectivity index (χ1v) is 7.01. The lowest BCUT2D eigenvalue weighted by molar-refractivity contribution is -0.104. The van der Waals surface area contributed by atoms with E-state index in [4.69, 9.17) is 14.6 Å². The van der Waals surface area contributed by atoms with Gasteiger partial charge in [-0.25, -0.2) is 0 Å². The number of hydrogen-bond acceptors (Lipinski definition) is 3. The van der Waals surface area contributed by atoms with Crippen molar-refractivity contribution < 1.29 is 14.6 Å². The molecule has 3 nitrogen and oxygen atoms in total. The van der Waals surface area contributed by atoms with Gasteiger partial charge in [0.25, 0.3) is 0 Å². The molecule has 2 rings (SSSR count). The van der Waals surface area contributed by atoms with Crippen LogP contribution in [-0.2, 0) is 22.7 Å². The number of carbonyl (C=O) groups excluding carboxylic acids is 1. The van der Waals surface area contributed by atoms with E-state index in [-0.39, 0.29) is 6.61 Å². The Bertz CT molecular complexity index is 595. The lowest BCUT2D eigenvalue weighted by Gasteiger charge is -2.10. The molecule has 0 aliphatic rings. The van der Waals surface area contributed by atoms with Crippen LogP contribution in [-0.4, -0.2) is 18.5 Å². The summed E-state index contributed by atoms with van der Waals surface area (Å²) in [4.78, 5) is 9.06. The summed E-state index contributed by atoms with van der Waals surface area (Å²) in [5.41, 5.74) is 5.69. The number of hydrogen-bond donors (Lipinski definition) is 1. The van der Waals surface area contributed by atoms with Crippen molar-refractivity contribution in [3.63, 3.8) is 0 Å². The fourth-order valence-electron chi connectivity index (χ4n) is 2.07. The van der Waals surface area contributed by atoms with Crippen LogP contribution in [0, 0.1) is 6.92 Å². The second kappa shape index (κ2) is 9.66. The summed E-state index contributed by atoms with van der Waals surface area (Å²) in [6, 6.07) is 14.4. The van der Waals surface area contributed by atoms with Gasteiger partial charge < -0.3 is 9.84 Å². The van der Waals surface area contributed by atoms with Crippen LogP contribution in [0.25, 0.3) is 11.1 Å². The van der Waals surface area contributed by atoms with Gasteiger partial charge in [0.1, 0.15) is 6.29 Å². The summed E-state index contributed by atoms with van der Waals surface area (Å²) in [6.45, 7) is 5.88. The van der Waals surface area contributed by atoms with E-state index in [1.54, 1.807) is 7.11 Å². The summed E-state index contributed by atoms with van der Waals surface area (Å²) in [5.74, 6) is 0. The van der Waals surface area contributed by atoms with E-state index in [0.29, 0.717) is 12.9 Å². The first kappa shape index (κ1) is 17.8. The molecule has 0 saturated carbocycles. The fraction of sp³-hybridized carbons (Fsp3) is 0.211. The van der Waals surface area contributed by atoms with Crippen molar-refractivity contribution in [3.05, 3.63) is 71.8 Å². The average molecular weight is 298 g/mol. The Morgan fingerprint density at radius 1 is 1.18 bits per heavy atom. The number of methoxy groups -OCH3 is 1. The zero-order chi connectivity index (χ0) is 16.4. The standard InChI is InChI=1S/C16H18O2.C3H4O/c1-12-3-8-16(15(9-12)11-18-2)14-6-4-13(10-17)5-7-14;1-2-3-4/h3-9,17H,10-11H2,1-2H3;2-3H,1H2. The van der Waals surface area contributed by atoms with Gasteiger partial charge in [0, 0.05) is 7.11 Å². The van der Waals surface area contributed by atoms with Gasteiger partial charge in [-0.05, 0) is 35.3 Å². The number of aldehydes is 1. The predicted octanol–water partition coefficient (Wildman–Crippen LogP) is 3.67. The molecule has 0 aliphatic heterocycles. The van der Waals surface area contributed by atoms with E-state index < -0.39 is 0 Å². The molecule has 1 N–H and O–H groups in total. The summed E-state index contributed by atoms with van der Waals surface area (Å²) < 4.78 is 5.25. The molecular formula is C19H22O3. The van der Waals surface area contributed by atoms with Crippen LogP contribution in [0.3, 0.4) is 0 Å². The zero-order valence-electron chi connectivity index (χ0n) is 13.1. The lowest BCUT2D eigenvalue weighted by atomic mass is 9.97. The Morgan fingerprint density at radius 3 is 2.32 bits per heavy atom. The number of rotatable bonds is 5. The minimum Gasteiger partial charge on any atom is -0.392 e. The molecule has 2 aromatic rings. The van der Waals surface area contributed by atoms with E-state index in [9.17, 15) is 0 Å². The second-order valence-corrected chi connectivity index (χ2v) is 4.82. The third-order valence-corrected chi connectivity index (χ3v) is 3.10. The van der Waals surface area contributed by atoms with Crippen molar-refractivity contribution >= 4 is 6.29 Å². The molecular weight excluding hydrogens is 276 g/mol. The third kappa shape index (κ3) is 5.28. The topological polar surface area (TPSA) is 46.5 Å². The number of aliphatic hydroxyl groups is 1. The Kier molecular flexibility index (Phi) is 7.83.